The zero-order valence-corrected chi connectivity index (χ0v) is 17.5. The first-order valence-electron chi connectivity index (χ1n) is 9.08. The molecule has 0 amide bonds. The van der Waals surface area contributed by atoms with Gasteiger partial charge in [-0.05, 0) is 63.2 Å². The number of halogens is 1. The van der Waals surface area contributed by atoms with Crippen LogP contribution >= 0.6 is 23.4 Å². The molecule has 3 aromatic rings. The van der Waals surface area contributed by atoms with Crippen LogP contribution in [0.1, 0.15) is 41.5 Å². The van der Waals surface area contributed by atoms with Gasteiger partial charge in [-0.1, -0.05) is 23.4 Å². The number of carbonyl (C=O) groups is 2. The van der Waals surface area contributed by atoms with Crippen molar-refractivity contribution in [1.82, 2.24) is 9.55 Å². The smallest absolute Gasteiger partial charge is 0.338 e. The Morgan fingerprint density at radius 1 is 1.14 bits per heavy atom. The maximum atomic E-state index is 12.7. The van der Waals surface area contributed by atoms with Crippen molar-refractivity contribution in [1.29, 1.82) is 0 Å². The Kier molecular flexibility index (Phi) is 6.42. The van der Waals surface area contributed by atoms with Gasteiger partial charge in [-0.3, -0.25) is 4.79 Å². The molecular weight excluding hydrogens is 396 g/mol. The molecule has 0 unspecified atom stereocenters. The average molecular weight is 417 g/mol. The summed E-state index contributed by atoms with van der Waals surface area (Å²) in [5.41, 5.74) is 2.72. The Bertz CT molecular complexity index is 1010. The first-order chi connectivity index (χ1) is 13.4. The van der Waals surface area contributed by atoms with Gasteiger partial charge in [0.05, 0.1) is 28.5 Å². The number of ether oxygens (including phenoxy) is 1. The molecule has 0 saturated carbocycles. The van der Waals surface area contributed by atoms with Crippen LogP contribution in [-0.4, -0.2) is 33.2 Å². The van der Waals surface area contributed by atoms with Crippen molar-refractivity contribution < 1.29 is 14.3 Å². The minimum absolute atomic E-state index is 0.0172. The van der Waals surface area contributed by atoms with Crippen molar-refractivity contribution in [3.05, 3.63) is 58.6 Å². The third-order valence-corrected chi connectivity index (χ3v) is 5.66. The highest BCUT2D eigenvalue weighted by molar-refractivity contribution is 8.00. The third kappa shape index (κ3) is 4.23. The number of hydrogen-bond acceptors (Lipinski definition) is 5. The highest BCUT2D eigenvalue weighted by Crippen LogP contribution is 2.29. The minimum atomic E-state index is -0.365. The number of fused-ring (bicyclic) bond motifs is 1. The topological polar surface area (TPSA) is 61.2 Å². The van der Waals surface area contributed by atoms with E-state index in [1.54, 1.807) is 43.3 Å². The predicted octanol–water partition coefficient (Wildman–Crippen LogP) is 5.25. The van der Waals surface area contributed by atoms with Crippen LogP contribution in [0.2, 0.25) is 5.02 Å². The molecule has 0 aliphatic rings. The number of Topliss-reactive ketones (excluding diaryl/α,β-unsaturated/α-hetero) is 1. The Morgan fingerprint density at radius 2 is 1.82 bits per heavy atom. The van der Waals surface area contributed by atoms with Gasteiger partial charge >= 0.3 is 5.97 Å². The second kappa shape index (κ2) is 8.80. The van der Waals surface area contributed by atoms with Crippen LogP contribution in [0.3, 0.4) is 0 Å². The van der Waals surface area contributed by atoms with Crippen molar-refractivity contribution in [3.8, 4) is 0 Å². The molecule has 1 heterocycles. The van der Waals surface area contributed by atoms with E-state index in [0.717, 1.165) is 10.7 Å². The number of imidazole rings is 1. The Morgan fingerprint density at radius 3 is 2.46 bits per heavy atom. The van der Waals surface area contributed by atoms with Crippen molar-refractivity contribution in [2.24, 2.45) is 0 Å². The van der Waals surface area contributed by atoms with E-state index in [0.29, 0.717) is 34.8 Å². The van der Waals surface area contributed by atoms with Gasteiger partial charge in [0.15, 0.2) is 10.9 Å². The molecule has 0 aliphatic heterocycles. The number of carbonyl (C=O) groups excluding carboxylic acids is 2. The Balaban J connectivity index is 1.88. The quantitative estimate of drug-likeness (QED) is 0.299. The van der Waals surface area contributed by atoms with Crippen LogP contribution in [-0.2, 0) is 11.3 Å². The fourth-order valence-corrected chi connectivity index (χ4v) is 4.10. The van der Waals surface area contributed by atoms with Gasteiger partial charge in [-0.25, -0.2) is 9.78 Å². The molecule has 0 radical (unpaired) electrons. The molecule has 0 bridgehead atoms. The predicted molar refractivity (Wildman–Crippen MR) is 112 cm³/mol. The van der Waals surface area contributed by atoms with Gasteiger partial charge in [0, 0.05) is 17.1 Å². The summed E-state index contributed by atoms with van der Waals surface area (Å²) in [5, 5.41) is 1.03. The lowest BCUT2D eigenvalue weighted by molar-refractivity contribution is 0.0526. The molecule has 7 heteroatoms. The van der Waals surface area contributed by atoms with E-state index < -0.39 is 0 Å². The number of esters is 1. The number of hydrogen-bond donors (Lipinski definition) is 0. The summed E-state index contributed by atoms with van der Waals surface area (Å²) in [7, 11) is 0. The lowest BCUT2D eigenvalue weighted by Gasteiger charge is -2.11. The molecule has 0 spiro atoms. The van der Waals surface area contributed by atoms with Gasteiger partial charge in [-0.15, -0.1) is 0 Å². The normalized spacial score (nSPS) is 12.1. The number of nitrogens with zero attached hydrogens (tertiary/aromatic N) is 2. The fraction of sp³-hybridized carbons (Fsp3) is 0.286. The molecule has 2 aromatic carbocycles. The second-order valence-electron chi connectivity index (χ2n) is 6.19. The maximum Gasteiger partial charge on any atom is 0.338 e. The van der Waals surface area contributed by atoms with Crippen LogP contribution in [0.4, 0.5) is 0 Å². The van der Waals surface area contributed by atoms with Crippen molar-refractivity contribution in [3.63, 3.8) is 0 Å². The first kappa shape index (κ1) is 20.4. The zero-order valence-electron chi connectivity index (χ0n) is 15.9. The summed E-state index contributed by atoms with van der Waals surface area (Å²) in [6, 6.07) is 12.2. The number of aryl methyl sites for hydroxylation is 1. The fourth-order valence-electron chi connectivity index (χ4n) is 2.91. The molecular formula is C21H21ClN2O3S. The Labute approximate surface area is 173 Å². The number of thioether (sulfide) groups is 1. The molecule has 3 rings (SSSR count). The summed E-state index contributed by atoms with van der Waals surface area (Å²) in [6.07, 6.45) is 0. The lowest BCUT2D eigenvalue weighted by atomic mass is 10.1. The van der Waals surface area contributed by atoms with Gasteiger partial charge in [0.2, 0.25) is 0 Å². The van der Waals surface area contributed by atoms with Crippen molar-refractivity contribution in [2.75, 3.05) is 6.61 Å². The summed E-state index contributed by atoms with van der Waals surface area (Å²) >= 11 is 7.31. The van der Waals surface area contributed by atoms with Crippen LogP contribution in [0.5, 0.6) is 0 Å². The molecule has 0 aliphatic carbocycles. The largest absolute Gasteiger partial charge is 0.462 e. The number of ketones is 1. The summed E-state index contributed by atoms with van der Waals surface area (Å²) in [5.74, 6) is -0.348. The number of aromatic nitrogens is 2. The summed E-state index contributed by atoms with van der Waals surface area (Å²) < 4.78 is 7.10. The van der Waals surface area contributed by atoms with Crippen LogP contribution in [0.25, 0.3) is 11.0 Å². The van der Waals surface area contributed by atoms with Crippen LogP contribution in [0.15, 0.2) is 47.6 Å². The van der Waals surface area contributed by atoms with E-state index >= 15 is 0 Å². The monoisotopic (exact) mass is 416 g/mol. The van der Waals surface area contributed by atoms with Crippen molar-refractivity contribution >= 4 is 46.1 Å². The van der Waals surface area contributed by atoms with Crippen LogP contribution in [0, 0.1) is 0 Å². The molecule has 1 atom stereocenters. The summed E-state index contributed by atoms with van der Waals surface area (Å²) in [6.45, 7) is 6.70. The number of benzene rings is 2. The minimum Gasteiger partial charge on any atom is -0.462 e. The highest BCUT2D eigenvalue weighted by Gasteiger charge is 2.21. The molecule has 146 valence electrons. The van der Waals surface area contributed by atoms with Crippen molar-refractivity contribution in [2.45, 2.75) is 37.7 Å². The second-order valence-corrected chi connectivity index (χ2v) is 7.94. The first-order valence-corrected chi connectivity index (χ1v) is 10.3. The number of rotatable bonds is 7. The van der Waals surface area contributed by atoms with E-state index in [1.807, 2.05) is 24.5 Å². The van der Waals surface area contributed by atoms with Crippen LogP contribution < -0.4 is 0 Å². The maximum absolute atomic E-state index is 12.7. The molecule has 0 N–H and O–H groups in total. The van der Waals surface area contributed by atoms with Gasteiger partial charge in [-0.2, -0.15) is 0 Å². The molecule has 0 saturated heterocycles. The lowest BCUT2D eigenvalue weighted by Crippen LogP contribution is -2.14. The third-order valence-electron chi connectivity index (χ3n) is 4.32. The van der Waals surface area contributed by atoms with E-state index in [1.165, 1.54) is 11.8 Å². The van der Waals surface area contributed by atoms with Gasteiger partial charge in [0.25, 0.3) is 0 Å². The molecule has 0 fully saturated rings. The zero-order chi connectivity index (χ0) is 20.3. The van der Waals surface area contributed by atoms with E-state index in [2.05, 4.69) is 4.98 Å². The molecule has 5 nitrogen and oxygen atoms in total. The standard InChI is InChI=1S/C21H21ClN2O3S/c1-4-24-18-11-8-15(20(26)27-5-2)12-17(18)23-21(24)28-13(3)19(25)14-6-9-16(22)10-7-14/h6-13H,4-5H2,1-3H3/t13-/m1/s1. The Hall–Kier alpha value is -2.31. The SMILES string of the molecule is CCOC(=O)c1ccc2c(c1)nc(S[C@H](C)C(=O)c1ccc(Cl)cc1)n2CC. The molecule has 1 aromatic heterocycles. The average Bonchev–Trinajstić information content (AvgIpc) is 3.04. The van der Waals surface area contributed by atoms with E-state index in [4.69, 9.17) is 16.3 Å². The van der Waals surface area contributed by atoms with Gasteiger partial charge in [0.1, 0.15) is 0 Å². The summed E-state index contributed by atoms with van der Waals surface area (Å²) in [4.78, 5) is 29.4. The molecule has 28 heavy (non-hydrogen) atoms. The highest BCUT2D eigenvalue weighted by atomic mass is 35.5. The van der Waals surface area contributed by atoms with Gasteiger partial charge < -0.3 is 9.30 Å². The van der Waals surface area contributed by atoms with E-state index in [9.17, 15) is 9.59 Å². The van der Waals surface area contributed by atoms with E-state index in [-0.39, 0.29) is 17.0 Å².